The smallest absolute Gasteiger partial charge is 0.412 e. The topological polar surface area (TPSA) is 59.6 Å². The van der Waals surface area contributed by atoms with Gasteiger partial charge in [0.1, 0.15) is 11.4 Å². The number of nitrogens with one attached hydrogen (secondary N) is 2. The lowest BCUT2D eigenvalue weighted by Crippen LogP contribution is -2.27. The Hall–Kier alpha value is -1.91. The molecule has 2 rings (SSSR count). The van der Waals surface area contributed by atoms with Crippen LogP contribution in [-0.4, -0.2) is 25.3 Å². The second kappa shape index (κ2) is 7.57. The summed E-state index contributed by atoms with van der Waals surface area (Å²) in [6, 6.07) is 5.70. The van der Waals surface area contributed by atoms with Crippen molar-refractivity contribution >= 4 is 17.5 Å². The SMILES string of the molecule is COc1ccc(NCC2CCCC2)cc1NC(=O)OC(C)(C)C. The van der Waals surface area contributed by atoms with E-state index in [1.807, 2.05) is 39.0 Å². The maximum Gasteiger partial charge on any atom is 0.412 e. The van der Waals surface area contributed by atoms with Crippen molar-refractivity contribution in [2.24, 2.45) is 5.92 Å². The monoisotopic (exact) mass is 320 g/mol. The lowest BCUT2D eigenvalue weighted by molar-refractivity contribution is 0.0635. The lowest BCUT2D eigenvalue weighted by Gasteiger charge is -2.20. The summed E-state index contributed by atoms with van der Waals surface area (Å²) in [4.78, 5) is 12.0. The number of hydrogen-bond acceptors (Lipinski definition) is 4. The first-order valence-electron chi connectivity index (χ1n) is 8.29. The van der Waals surface area contributed by atoms with Crippen LogP contribution in [0.4, 0.5) is 16.2 Å². The van der Waals surface area contributed by atoms with Crippen LogP contribution in [0.5, 0.6) is 5.75 Å². The highest BCUT2D eigenvalue weighted by Crippen LogP contribution is 2.30. The first kappa shape index (κ1) is 17.4. The van der Waals surface area contributed by atoms with Crippen molar-refractivity contribution in [3.8, 4) is 5.75 Å². The highest BCUT2D eigenvalue weighted by atomic mass is 16.6. The second-order valence-electron chi connectivity index (χ2n) is 7.07. The minimum Gasteiger partial charge on any atom is -0.495 e. The van der Waals surface area contributed by atoms with Crippen LogP contribution >= 0.6 is 0 Å². The highest BCUT2D eigenvalue weighted by Gasteiger charge is 2.18. The number of ether oxygens (including phenoxy) is 2. The van der Waals surface area contributed by atoms with E-state index in [-0.39, 0.29) is 0 Å². The van der Waals surface area contributed by atoms with Gasteiger partial charge in [-0.1, -0.05) is 12.8 Å². The number of rotatable bonds is 5. The predicted molar refractivity (Wildman–Crippen MR) is 93.3 cm³/mol. The summed E-state index contributed by atoms with van der Waals surface area (Å²) in [6.45, 7) is 6.48. The third kappa shape index (κ3) is 5.66. The average molecular weight is 320 g/mol. The van der Waals surface area contributed by atoms with Crippen molar-refractivity contribution in [2.45, 2.75) is 52.1 Å². The third-order valence-corrected chi connectivity index (χ3v) is 3.90. The zero-order valence-corrected chi connectivity index (χ0v) is 14.6. The van der Waals surface area contributed by atoms with Crippen LogP contribution in [0.15, 0.2) is 18.2 Å². The van der Waals surface area contributed by atoms with Gasteiger partial charge in [0.25, 0.3) is 0 Å². The van der Waals surface area contributed by atoms with Crippen molar-refractivity contribution < 1.29 is 14.3 Å². The van der Waals surface area contributed by atoms with Crippen LogP contribution in [-0.2, 0) is 4.74 Å². The zero-order valence-electron chi connectivity index (χ0n) is 14.6. The maximum absolute atomic E-state index is 12.0. The maximum atomic E-state index is 12.0. The lowest BCUT2D eigenvalue weighted by atomic mass is 10.1. The van der Waals surface area contributed by atoms with E-state index < -0.39 is 11.7 Å². The molecule has 0 saturated heterocycles. The number of benzene rings is 1. The van der Waals surface area contributed by atoms with Crippen molar-refractivity contribution in [1.29, 1.82) is 0 Å². The fourth-order valence-electron chi connectivity index (χ4n) is 2.81. The van der Waals surface area contributed by atoms with E-state index in [1.165, 1.54) is 25.7 Å². The van der Waals surface area contributed by atoms with Crippen LogP contribution in [0.3, 0.4) is 0 Å². The number of carbonyl (C=O) groups excluding carboxylic acids is 1. The molecule has 1 aromatic rings. The zero-order chi connectivity index (χ0) is 16.9. The molecule has 0 spiro atoms. The molecule has 1 aliphatic rings. The van der Waals surface area contributed by atoms with Crippen molar-refractivity contribution in [3.05, 3.63) is 18.2 Å². The summed E-state index contributed by atoms with van der Waals surface area (Å²) in [6.07, 6.45) is 4.78. The molecular weight excluding hydrogens is 292 g/mol. The summed E-state index contributed by atoms with van der Waals surface area (Å²) in [5.74, 6) is 1.36. The van der Waals surface area contributed by atoms with Gasteiger partial charge in [-0.25, -0.2) is 4.79 Å². The molecular formula is C18H28N2O3. The van der Waals surface area contributed by atoms with Gasteiger partial charge in [-0.05, 0) is 57.7 Å². The Morgan fingerprint density at radius 3 is 2.57 bits per heavy atom. The molecule has 1 fully saturated rings. The molecule has 5 heteroatoms. The largest absolute Gasteiger partial charge is 0.495 e. The van der Waals surface area contributed by atoms with Gasteiger partial charge in [-0.15, -0.1) is 0 Å². The number of methoxy groups -OCH3 is 1. The molecule has 1 saturated carbocycles. The van der Waals surface area contributed by atoms with Gasteiger partial charge in [-0.2, -0.15) is 0 Å². The van der Waals surface area contributed by atoms with Gasteiger partial charge in [0, 0.05) is 12.2 Å². The molecule has 0 aromatic heterocycles. The van der Waals surface area contributed by atoms with Gasteiger partial charge in [0.05, 0.1) is 12.8 Å². The first-order chi connectivity index (χ1) is 10.9. The van der Waals surface area contributed by atoms with Crippen molar-refractivity contribution in [1.82, 2.24) is 0 Å². The van der Waals surface area contributed by atoms with Crippen LogP contribution in [0.1, 0.15) is 46.5 Å². The highest BCUT2D eigenvalue weighted by molar-refractivity contribution is 5.88. The fourth-order valence-corrected chi connectivity index (χ4v) is 2.81. The molecule has 0 radical (unpaired) electrons. The van der Waals surface area contributed by atoms with Crippen LogP contribution in [0, 0.1) is 5.92 Å². The van der Waals surface area contributed by atoms with E-state index >= 15 is 0 Å². The Balaban J connectivity index is 2.01. The summed E-state index contributed by atoms with van der Waals surface area (Å²) in [5.41, 5.74) is 1.05. The number of amides is 1. The Bertz CT molecular complexity index is 532. The number of anilines is 2. The van der Waals surface area contributed by atoms with E-state index in [4.69, 9.17) is 9.47 Å². The summed E-state index contributed by atoms with van der Waals surface area (Å²) < 4.78 is 10.6. The minimum absolute atomic E-state index is 0.483. The van der Waals surface area contributed by atoms with E-state index in [9.17, 15) is 4.79 Å². The second-order valence-corrected chi connectivity index (χ2v) is 7.07. The Kier molecular flexibility index (Phi) is 5.74. The Labute approximate surface area is 138 Å². The minimum atomic E-state index is -0.532. The molecule has 1 aromatic carbocycles. The number of carbonyl (C=O) groups is 1. The van der Waals surface area contributed by atoms with E-state index in [0.717, 1.165) is 18.2 Å². The summed E-state index contributed by atoms with van der Waals surface area (Å²) in [5, 5.41) is 6.21. The molecule has 0 atom stereocenters. The van der Waals surface area contributed by atoms with Gasteiger partial charge in [-0.3, -0.25) is 5.32 Å². The quantitative estimate of drug-likeness (QED) is 0.829. The molecule has 128 valence electrons. The van der Waals surface area contributed by atoms with Gasteiger partial charge >= 0.3 is 6.09 Å². The van der Waals surface area contributed by atoms with E-state index in [1.54, 1.807) is 7.11 Å². The Morgan fingerprint density at radius 1 is 1.26 bits per heavy atom. The van der Waals surface area contributed by atoms with Gasteiger partial charge < -0.3 is 14.8 Å². The molecule has 1 amide bonds. The molecule has 0 aliphatic heterocycles. The Morgan fingerprint density at radius 2 is 1.96 bits per heavy atom. The molecule has 1 aliphatic carbocycles. The summed E-state index contributed by atoms with van der Waals surface area (Å²) >= 11 is 0. The third-order valence-electron chi connectivity index (χ3n) is 3.90. The molecule has 5 nitrogen and oxygen atoms in total. The number of hydrogen-bond donors (Lipinski definition) is 2. The average Bonchev–Trinajstić information content (AvgIpc) is 2.96. The van der Waals surface area contributed by atoms with E-state index in [0.29, 0.717) is 11.4 Å². The fraction of sp³-hybridized carbons (Fsp3) is 0.611. The van der Waals surface area contributed by atoms with Crippen LogP contribution in [0.2, 0.25) is 0 Å². The van der Waals surface area contributed by atoms with Crippen molar-refractivity contribution in [3.63, 3.8) is 0 Å². The van der Waals surface area contributed by atoms with Gasteiger partial charge in [0.15, 0.2) is 0 Å². The van der Waals surface area contributed by atoms with Crippen molar-refractivity contribution in [2.75, 3.05) is 24.3 Å². The molecule has 2 N–H and O–H groups in total. The molecule has 0 heterocycles. The van der Waals surface area contributed by atoms with E-state index in [2.05, 4.69) is 10.6 Å². The van der Waals surface area contributed by atoms with Gasteiger partial charge in [0.2, 0.25) is 0 Å². The molecule has 0 unspecified atom stereocenters. The standard InChI is InChI=1S/C18H28N2O3/c1-18(2,3)23-17(21)20-15-11-14(9-10-16(15)22-4)19-12-13-7-5-6-8-13/h9-11,13,19H,5-8,12H2,1-4H3,(H,20,21). The normalized spacial score (nSPS) is 15.3. The molecule has 23 heavy (non-hydrogen) atoms. The molecule has 0 bridgehead atoms. The predicted octanol–water partition coefficient (Wildman–Crippen LogP) is 4.64. The van der Waals surface area contributed by atoms with Crippen LogP contribution in [0.25, 0.3) is 0 Å². The first-order valence-corrected chi connectivity index (χ1v) is 8.29. The van der Waals surface area contributed by atoms with Crippen LogP contribution < -0.4 is 15.4 Å². The summed E-state index contributed by atoms with van der Waals surface area (Å²) in [7, 11) is 1.58.